The third-order valence-corrected chi connectivity index (χ3v) is 5.30. The van der Waals surface area contributed by atoms with E-state index in [1.807, 2.05) is 18.2 Å². The Morgan fingerprint density at radius 3 is 2.43 bits per heavy atom. The second kappa shape index (κ2) is 8.67. The zero-order chi connectivity index (χ0) is 19.3. The van der Waals surface area contributed by atoms with Crippen molar-refractivity contribution in [1.82, 2.24) is 10.2 Å². The smallest absolute Gasteiger partial charge is 0.171 e. The highest BCUT2D eigenvalue weighted by Crippen LogP contribution is 2.32. The van der Waals surface area contributed by atoms with E-state index in [9.17, 15) is 0 Å². The predicted molar refractivity (Wildman–Crippen MR) is 117 cm³/mol. The summed E-state index contributed by atoms with van der Waals surface area (Å²) in [5.74, 6) is 1.52. The molecule has 4 rings (SSSR count). The van der Waals surface area contributed by atoms with Gasteiger partial charge in [0.15, 0.2) is 16.6 Å². The summed E-state index contributed by atoms with van der Waals surface area (Å²) < 4.78 is 11.1. The van der Waals surface area contributed by atoms with Crippen molar-refractivity contribution in [3.05, 3.63) is 48.0 Å². The maximum atomic E-state index is 5.61. The van der Waals surface area contributed by atoms with E-state index in [2.05, 4.69) is 51.7 Å². The minimum absolute atomic E-state index is 0.573. The number of hydrogen-bond donors (Lipinski definition) is 2. The molecule has 1 saturated heterocycles. The second-order valence-corrected chi connectivity index (χ2v) is 7.53. The van der Waals surface area contributed by atoms with Crippen LogP contribution in [0.2, 0.25) is 0 Å². The Morgan fingerprint density at radius 2 is 1.68 bits per heavy atom. The van der Waals surface area contributed by atoms with E-state index >= 15 is 0 Å². The molecule has 0 aliphatic carbocycles. The lowest BCUT2D eigenvalue weighted by atomic mass is 10.2. The van der Waals surface area contributed by atoms with Crippen molar-refractivity contribution >= 4 is 28.7 Å². The molecule has 2 aliphatic rings. The van der Waals surface area contributed by atoms with Gasteiger partial charge < -0.3 is 29.9 Å². The van der Waals surface area contributed by atoms with Crippen LogP contribution in [0.25, 0.3) is 0 Å². The van der Waals surface area contributed by atoms with Gasteiger partial charge in [-0.1, -0.05) is 12.1 Å². The molecular formula is C21H26N4O2S. The van der Waals surface area contributed by atoms with E-state index in [1.54, 1.807) is 0 Å². The Kier molecular flexibility index (Phi) is 5.83. The fourth-order valence-corrected chi connectivity index (χ4v) is 3.56. The lowest BCUT2D eigenvalue weighted by Gasteiger charge is -2.34. The number of hydrogen-bond acceptors (Lipinski definition) is 5. The predicted octanol–water partition coefficient (Wildman–Crippen LogP) is 2.70. The van der Waals surface area contributed by atoms with E-state index in [0.29, 0.717) is 24.9 Å². The van der Waals surface area contributed by atoms with E-state index in [0.717, 1.165) is 43.4 Å². The van der Waals surface area contributed by atoms with Gasteiger partial charge in [-0.05, 0) is 49.1 Å². The van der Waals surface area contributed by atoms with Crippen molar-refractivity contribution < 1.29 is 9.47 Å². The number of benzene rings is 2. The van der Waals surface area contributed by atoms with Crippen molar-refractivity contribution in [2.75, 3.05) is 56.7 Å². The fraction of sp³-hybridized carbons (Fsp3) is 0.381. The standard InChI is InChI=1S/C21H26N4O2S/c1-24-8-10-25(11-9-24)18-5-2-16(3-6-18)15-22-21(28)23-17-4-7-19-20(14-17)27-13-12-26-19/h2-7,14H,8-13,15H2,1H3,(H2,22,23,28). The third kappa shape index (κ3) is 4.66. The Morgan fingerprint density at radius 1 is 0.964 bits per heavy atom. The van der Waals surface area contributed by atoms with Crippen molar-refractivity contribution in [2.24, 2.45) is 0 Å². The molecule has 2 aliphatic heterocycles. The Bertz CT molecular complexity index is 820. The minimum Gasteiger partial charge on any atom is -0.486 e. The van der Waals surface area contributed by atoms with Crippen LogP contribution < -0.4 is 25.0 Å². The number of ether oxygens (including phenoxy) is 2. The highest BCUT2D eigenvalue weighted by Gasteiger charge is 2.14. The average molecular weight is 399 g/mol. The number of fused-ring (bicyclic) bond motifs is 1. The van der Waals surface area contributed by atoms with Gasteiger partial charge in [0.1, 0.15) is 13.2 Å². The number of nitrogens with zero attached hydrogens (tertiary/aromatic N) is 2. The summed E-state index contributed by atoms with van der Waals surface area (Å²) >= 11 is 5.42. The molecule has 0 aromatic heterocycles. The van der Waals surface area contributed by atoms with Crippen LogP contribution in [-0.2, 0) is 6.54 Å². The van der Waals surface area contributed by atoms with Crippen molar-refractivity contribution in [3.63, 3.8) is 0 Å². The Hall–Kier alpha value is -2.51. The third-order valence-electron chi connectivity index (χ3n) is 5.06. The van der Waals surface area contributed by atoms with E-state index in [1.165, 1.54) is 11.3 Å². The number of rotatable bonds is 4. The van der Waals surface area contributed by atoms with Gasteiger partial charge in [0.05, 0.1) is 0 Å². The molecule has 2 heterocycles. The zero-order valence-corrected chi connectivity index (χ0v) is 16.9. The van der Waals surface area contributed by atoms with E-state index in [-0.39, 0.29) is 0 Å². The number of thiocarbonyl (C=S) groups is 1. The first-order chi connectivity index (χ1) is 13.7. The van der Waals surface area contributed by atoms with Gasteiger partial charge in [-0.25, -0.2) is 0 Å². The average Bonchev–Trinajstić information content (AvgIpc) is 2.73. The fourth-order valence-electron chi connectivity index (χ4n) is 3.37. The van der Waals surface area contributed by atoms with Crippen LogP contribution in [0.15, 0.2) is 42.5 Å². The number of likely N-dealkylation sites (N-methyl/N-ethyl adjacent to an activating group) is 1. The van der Waals surface area contributed by atoms with Crippen molar-refractivity contribution in [3.8, 4) is 11.5 Å². The van der Waals surface area contributed by atoms with Crippen molar-refractivity contribution in [2.45, 2.75) is 6.54 Å². The number of piperazine rings is 1. The van der Waals surface area contributed by atoms with E-state index < -0.39 is 0 Å². The number of nitrogens with one attached hydrogen (secondary N) is 2. The van der Waals surface area contributed by atoms with Gasteiger partial charge in [-0.2, -0.15) is 0 Å². The quantitative estimate of drug-likeness (QED) is 0.768. The lowest BCUT2D eigenvalue weighted by Crippen LogP contribution is -2.44. The topological polar surface area (TPSA) is 49.0 Å². The van der Waals surface area contributed by atoms with Crippen LogP contribution in [0.1, 0.15) is 5.56 Å². The molecule has 0 bridgehead atoms. The first-order valence-corrected chi connectivity index (χ1v) is 10.1. The van der Waals surface area contributed by atoms with Gasteiger partial charge in [-0.15, -0.1) is 0 Å². The summed E-state index contributed by atoms with van der Waals surface area (Å²) in [6.07, 6.45) is 0. The molecule has 7 heteroatoms. The summed E-state index contributed by atoms with van der Waals surface area (Å²) in [4.78, 5) is 4.80. The van der Waals surface area contributed by atoms with Crippen LogP contribution in [0, 0.1) is 0 Å². The summed E-state index contributed by atoms with van der Waals surface area (Å²) in [7, 11) is 2.17. The molecule has 2 N–H and O–H groups in total. The first kappa shape index (κ1) is 18.8. The van der Waals surface area contributed by atoms with Gasteiger partial charge in [0.25, 0.3) is 0 Å². The monoisotopic (exact) mass is 398 g/mol. The maximum Gasteiger partial charge on any atom is 0.171 e. The molecule has 0 atom stereocenters. The minimum atomic E-state index is 0.573. The Balaban J connectivity index is 1.27. The molecule has 0 amide bonds. The van der Waals surface area contributed by atoms with Gasteiger partial charge in [0, 0.05) is 50.2 Å². The summed E-state index contributed by atoms with van der Waals surface area (Å²) in [5, 5.41) is 7.04. The molecule has 0 unspecified atom stereocenters. The van der Waals surface area contributed by atoms with Crippen LogP contribution in [0.3, 0.4) is 0 Å². The second-order valence-electron chi connectivity index (χ2n) is 7.12. The van der Waals surface area contributed by atoms with Crippen LogP contribution in [0.5, 0.6) is 11.5 Å². The molecule has 0 radical (unpaired) electrons. The normalized spacial score (nSPS) is 16.5. The van der Waals surface area contributed by atoms with Gasteiger partial charge in [-0.3, -0.25) is 0 Å². The van der Waals surface area contributed by atoms with Crippen molar-refractivity contribution in [1.29, 1.82) is 0 Å². The molecule has 1 fully saturated rings. The van der Waals surface area contributed by atoms with Crippen LogP contribution in [-0.4, -0.2) is 56.5 Å². The molecule has 6 nitrogen and oxygen atoms in total. The molecule has 0 spiro atoms. The molecule has 148 valence electrons. The van der Waals surface area contributed by atoms with E-state index in [4.69, 9.17) is 21.7 Å². The largest absolute Gasteiger partial charge is 0.486 e. The summed E-state index contributed by atoms with van der Waals surface area (Å²) in [6, 6.07) is 14.5. The van der Waals surface area contributed by atoms with Crippen LogP contribution >= 0.6 is 12.2 Å². The summed E-state index contributed by atoms with van der Waals surface area (Å²) in [5.41, 5.74) is 3.37. The summed E-state index contributed by atoms with van der Waals surface area (Å²) in [6.45, 7) is 6.23. The molecular weight excluding hydrogens is 372 g/mol. The highest BCUT2D eigenvalue weighted by atomic mass is 32.1. The first-order valence-electron chi connectivity index (χ1n) is 9.64. The highest BCUT2D eigenvalue weighted by molar-refractivity contribution is 7.80. The molecule has 0 saturated carbocycles. The van der Waals surface area contributed by atoms with Gasteiger partial charge in [0.2, 0.25) is 0 Å². The van der Waals surface area contributed by atoms with Gasteiger partial charge >= 0.3 is 0 Å². The Labute approximate surface area is 171 Å². The lowest BCUT2D eigenvalue weighted by molar-refractivity contribution is 0.171. The molecule has 28 heavy (non-hydrogen) atoms. The zero-order valence-electron chi connectivity index (χ0n) is 16.1. The van der Waals surface area contributed by atoms with Crippen LogP contribution in [0.4, 0.5) is 11.4 Å². The molecule has 2 aromatic carbocycles. The maximum absolute atomic E-state index is 5.61. The SMILES string of the molecule is CN1CCN(c2ccc(CNC(=S)Nc3ccc4c(c3)OCCO4)cc2)CC1. The number of anilines is 2. The molecule has 2 aromatic rings.